The Morgan fingerprint density at radius 3 is 2.73 bits per heavy atom. The predicted octanol–water partition coefficient (Wildman–Crippen LogP) is 2.92. The van der Waals surface area contributed by atoms with Crippen LogP contribution < -0.4 is 10.6 Å². The van der Waals surface area contributed by atoms with Crippen molar-refractivity contribution in [1.82, 2.24) is 5.32 Å². The number of amides is 1. The largest absolute Gasteiger partial charge is 0.352 e. The van der Waals surface area contributed by atoms with E-state index in [1.807, 2.05) is 49.4 Å². The minimum absolute atomic E-state index is 0.126. The number of likely N-dealkylation sites (N-methyl/N-ethyl adjacent to an activating group) is 1. The SMILES string of the molecule is CCNC(=O)C1=C(Nc2ccc3ccccc3c2)SCC1=O. The summed E-state index contributed by atoms with van der Waals surface area (Å²) in [6.07, 6.45) is 0. The molecule has 2 aromatic carbocycles. The van der Waals surface area contributed by atoms with Crippen LogP contribution in [0.25, 0.3) is 10.8 Å². The minimum Gasteiger partial charge on any atom is -0.352 e. The molecule has 4 nitrogen and oxygen atoms in total. The standard InChI is InChI=1S/C17H16N2O2S/c1-2-18-16(21)15-14(20)10-22-17(15)19-13-8-7-11-5-3-4-6-12(11)9-13/h3-9,19H,2,10H2,1H3,(H,18,21). The van der Waals surface area contributed by atoms with E-state index in [0.29, 0.717) is 17.3 Å². The van der Waals surface area contributed by atoms with Gasteiger partial charge in [0.1, 0.15) is 5.57 Å². The molecule has 0 saturated carbocycles. The highest BCUT2D eigenvalue weighted by molar-refractivity contribution is 8.04. The number of hydrogen-bond donors (Lipinski definition) is 2. The Labute approximate surface area is 133 Å². The number of carbonyl (C=O) groups is 2. The van der Waals surface area contributed by atoms with E-state index >= 15 is 0 Å². The van der Waals surface area contributed by atoms with E-state index < -0.39 is 0 Å². The van der Waals surface area contributed by atoms with Crippen molar-refractivity contribution in [3.8, 4) is 0 Å². The molecule has 0 aromatic heterocycles. The monoisotopic (exact) mass is 312 g/mol. The smallest absolute Gasteiger partial charge is 0.257 e. The van der Waals surface area contributed by atoms with Crippen LogP contribution in [0.1, 0.15) is 6.92 Å². The first kappa shape index (κ1) is 14.7. The number of ketones is 1. The first-order valence-electron chi connectivity index (χ1n) is 7.13. The number of Topliss-reactive ketones (excluding diaryl/α,β-unsaturated/α-hetero) is 1. The van der Waals surface area contributed by atoms with Crippen molar-refractivity contribution < 1.29 is 9.59 Å². The van der Waals surface area contributed by atoms with Crippen LogP contribution in [0.2, 0.25) is 0 Å². The lowest BCUT2D eigenvalue weighted by Crippen LogP contribution is -2.28. The number of rotatable bonds is 4. The average Bonchev–Trinajstić information content (AvgIpc) is 2.88. The zero-order valence-corrected chi connectivity index (χ0v) is 13.0. The van der Waals surface area contributed by atoms with E-state index in [1.54, 1.807) is 0 Å². The van der Waals surface area contributed by atoms with Gasteiger partial charge in [-0.25, -0.2) is 0 Å². The molecular weight excluding hydrogens is 296 g/mol. The molecule has 2 aromatic rings. The summed E-state index contributed by atoms with van der Waals surface area (Å²) >= 11 is 1.37. The second-order valence-electron chi connectivity index (χ2n) is 4.96. The van der Waals surface area contributed by atoms with Gasteiger partial charge in [-0.05, 0) is 29.8 Å². The quantitative estimate of drug-likeness (QED) is 0.852. The van der Waals surface area contributed by atoms with Crippen LogP contribution in [0.15, 0.2) is 53.1 Å². The Morgan fingerprint density at radius 1 is 1.18 bits per heavy atom. The maximum absolute atomic E-state index is 12.0. The third kappa shape index (κ3) is 2.85. The maximum atomic E-state index is 12.0. The van der Waals surface area contributed by atoms with Gasteiger partial charge < -0.3 is 10.6 Å². The summed E-state index contributed by atoms with van der Waals surface area (Å²) in [7, 11) is 0. The first-order valence-corrected chi connectivity index (χ1v) is 8.12. The van der Waals surface area contributed by atoms with Gasteiger partial charge in [0, 0.05) is 12.2 Å². The second-order valence-corrected chi connectivity index (χ2v) is 5.95. The van der Waals surface area contributed by atoms with E-state index in [2.05, 4.69) is 10.6 Å². The molecule has 1 aliphatic heterocycles. The van der Waals surface area contributed by atoms with Crippen LogP contribution in [0.5, 0.6) is 0 Å². The normalized spacial score (nSPS) is 14.5. The maximum Gasteiger partial charge on any atom is 0.257 e. The summed E-state index contributed by atoms with van der Waals surface area (Å²) in [6.45, 7) is 2.34. The molecule has 112 valence electrons. The average molecular weight is 312 g/mol. The van der Waals surface area contributed by atoms with Crippen LogP contribution in [0, 0.1) is 0 Å². The fraction of sp³-hybridized carbons (Fsp3) is 0.176. The van der Waals surface area contributed by atoms with Crippen molar-refractivity contribution in [2.45, 2.75) is 6.92 Å². The number of thioether (sulfide) groups is 1. The van der Waals surface area contributed by atoms with Gasteiger partial charge in [-0.3, -0.25) is 9.59 Å². The number of hydrogen-bond acceptors (Lipinski definition) is 4. The molecule has 0 spiro atoms. The molecule has 2 N–H and O–H groups in total. The highest BCUT2D eigenvalue weighted by Crippen LogP contribution is 2.31. The van der Waals surface area contributed by atoms with Crippen molar-refractivity contribution >= 4 is 39.9 Å². The third-order valence-electron chi connectivity index (χ3n) is 3.43. The van der Waals surface area contributed by atoms with Crippen LogP contribution in [0.3, 0.4) is 0 Å². The summed E-state index contributed by atoms with van der Waals surface area (Å²) in [5.74, 6) is -0.123. The summed E-state index contributed by atoms with van der Waals surface area (Å²) in [5.41, 5.74) is 1.11. The highest BCUT2D eigenvalue weighted by atomic mass is 32.2. The summed E-state index contributed by atoms with van der Waals surface area (Å²) < 4.78 is 0. The van der Waals surface area contributed by atoms with Gasteiger partial charge in [0.25, 0.3) is 5.91 Å². The second kappa shape index (κ2) is 6.23. The van der Waals surface area contributed by atoms with E-state index in [1.165, 1.54) is 11.8 Å². The summed E-state index contributed by atoms with van der Waals surface area (Å²) in [6, 6.07) is 14.1. The molecule has 5 heteroatoms. The van der Waals surface area contributed by atoms with Crippen molar-refractivity contribution in [3.05, 3.63) is 53.1 Å². The highest BCUT2D eigenvalue weighted by Gasteiger charge is 2.29. The molecule has 0 unspecified atom stereocenters. The molecule has 0 atom stereocenters. The molecule has 0 saturated heterocycles. The Balaban J connectivity index is 1.91. The first-order chi connectivity index (χ1) is 10.7. The predicted molar refractivity (Wildman–Crippen MR) is 90.7 cm³/mol. The van der Waals surface area contributed by atoms with Gasteiger partial charge in [-0.1, -0.05) is 42.1 Å². The Morgan fingerprint density at radius 2 is 1.95 bits per heavy atom. The lowest BCUT2D eigenvalue weighted by molar-refractivity contribution is -0.121. The molecule has 0 radical (unpaired) electrons. The Kier molecular flexibility index (Phi) is 4.15. The van der Waals surface area contributed by atoms with Gasteiger partial charge in [0.15, 0.2) is 5.78 Å². The zero-order chi connectivity index (χ0) is 15.5. The van der Waals surface area contributed by atoms with Crippen LogP contribution in [-0.2, 0) is 9.59 Å². The molecule has 1 aliphatic rings. The lowest BCUT2D eigenvalue weighted by Gasteiger charge is -2.10. The third-order valence-corrected chi connectivity index (χ3v) is 4.43. The molecular formula is C17H16N2O2S. The van der Waals surface area contributed by atoms with Gasteiger partial charge >= 0.3 is 0 Å². The van der Waals surface area contributed by atoms with Gasteiger partial charge in [-0.15, -0.1) is 0 Å². The number of benzene rings is 2. The number of carbonyl (C=O) groups excluding carboxylic acids is 2. The van der Waals surface area contributed by atoms with Crippen molar-refractivity contribution in [3.63, 3.8) is 0 Å². The molecule has 22 heavy (non-hydrogen) atoms. The van der Waals surface area contributed by atoms with Crippen LogP contribution in [0.4, 0.5) is 5.69 Å². The molecule has 1 amide bonds. The van der Waals surface area contributed by atoms with Gasteiger partial charge in [0.2, 0.25) is 0 Å². The molecule has 0 bridgehead atoms. The minimum atomic E-state index is -0.305. The summed E-state index contributed by atoms with van der Waals surface area (Å²) in [4.78, 5) is 23.9. The van der Waals surface area contributed by atoms with E-state index in [-0.39, 0.29) is 17.3 Å². The number of nitrogens with one attached hydrogen (secondary N) is 2. The van der Waals surface area contributed by atoms with E-state index in [0.717, 1.165) is 16.5 Å². The zero-order valence-electron chi connectivity index (χ0n) is 12.2. The van der Waals surface area contributed by atoms with Crippen LogP contribution >= 0.6 is 11.8 Å². The van der Waals surface area contributed by atoms with Gasteiger partial charge in [0.05, 0.1) is 10.8 Å². The topological polar surface area (TPSA) is 58.2 Å². The van der Waals surface area contributed by atoms with Crippen molar-refractivity contribution in [2.75, 3.05) is 17.6 Å². The molecule has 0 fully saturated rings. The van der Waals surface area contributed by atoms with Gasteiger partial charge in [-0.2, -0.15) is 0 Å². The van der Waals surface area contributed by atoms with Crippen molar-refractivity contribution in [2.24, 2.45) is 0 Å². The fourth-order valence-corrected chi connectivity index (χ4v) is 3.34. The van der Waals surface area contributed by atoms with Crippen molar-refractivity contribution in [1.29, 1.82) is 0 Å². The number of fused-ring (bicyclic) bond motifs is 1. The van der Waals surface area contributed by atoms with Crippen LogP contribution in [-0.4, -0.2) is 24.0 Å². The molecule has 0 aliphatic carbocycles. The summed E-state index contributed by atoms with van der Waals surface area (Å²) in [5, 5.41) is 8.80. The fourth-order valence-electron chi connectivity index (χ4n) is 2.38. The Hall–Kier alpha value is -2.27. The van der Waals surface area contributed by atoms with E-state index in [9.17, 15) is 9.59 Å². The number of anilines is 1. The molecule has 3 rings (SSSR count). The van der Waals surface area contributed by atoms with E-state index in [4.69, 9.17) is 0 Å². The Bertz CT molecular complexity index is 783. The molecule has 1 heterocycles. The lowest BCUT2D eigenvalue weighted by atomic mass is 10.1.